The summed E-state index contributed by atoms with van der Waals surface area (Å²) in [6.45, 7) is 1.82. The molecule has 0 unspecified atom stereocenters. The molecule has 0 aliphatic carbocycles. The van der Waals surface area contributed by atoms with Crippen LogP contribution in [-0.2, 0) is 6.18 Å². The highest BCUT2D eigenvalue weighted by Gasteiger charge is 2.31. The van der Waals surface area contributed by atoms with Crippen LogP contribution in [0.4, 0.5) is 13.2 Å². The van der Waals surface area contributed by atoms with Gasteiger partial charge < -0.3 is 0 Å². The van der Waals surface area contributed by atoms with Crippen LogP contribution in [0.5, 0.6) is 0 Å². The van der Waals surface area contributed by atoms with Gasteiger partial charge in [-0.15, -0.1) is 11.3 Å². The van der Waals surface area contributed by atoms with Crippen molar-refractivity contribution in [3.05, 3.63) is 55.7 Å². The van der Waals surface area contributed by atoms with Gasteiger partial charge in [-0.1, -0.05) is 12.1 Å². The molecule has 19 heavy (non-hydrogen) atoms. The molecule has 0 radical (unpaired) electrons. The summed E-state index contributed by atoms with van der Waals surface area (Å²) in [6, 6.07) is 6.13. The number of halogens is 4. The quantitative estimate of drug-likeness (QED) is 0.692. The van der Waals surface area contributed by atoms with E-state index in [0.29, 0.717) is 4.88 Å². The molecule has 1 aromatic carbocycles. The third-order valence-corrected chi connectivity index (χ3v) is 4.67. The second-order valence-corrected chi connectivity index (χ2v) is 6.35. The van der Waals surface area contributed by atoms with Crippen molar-refractivity contribution in [2.45, 2.75) is 13.1 Å². The van der Waals surface area contributed by atoms with Crippen LogP contribution in [0.1, 0.15) is 26.4 Å². The Morgan fingerprint density at radius 1 is 1.26 bits per heavy atom. The zero-order valence-electron chi connectivity index (χ0n) is 9.72. The Morgan fingerprint density at radius 3 is 2.47 bits per heavy atom. The number of alkyl halides is 3. The number of carbonyl (C=O) groups is 1. The first-order valence-electron chi connectivity index (χ1n) is 5.27. The standard InChI is InChI=1S/C13H8BrF3OS/c1-7-5-10(19-12(7)14)11(18)8-3-2-4-9(6-8)13(15,16)17/h2-6H,1H3. The van der Waals surface area contributed by atoms with Crippen LogP contribution in [-0.4, -0.2) is 5.78 Å². The van der Waals surface area contributed by atoms with Gasteiger partial charge in [0.2, 0.25) is 5.78 Å². The fourth-order valence-corrected chi connectivity index (χ4v) is 3.05. The third-order valence-electron chi connectivity index (χ3n) is 2.53. The lowest BCUT2D eigenvalue weighted by atomic mass is 10.1. The predicted molar refractivity (Wildman–Crippen MR) is 71.6 cm³/mol. The van der Waals surface area contributed by atoms with Gasteiger partial charge in [-0.25, -0.2) is 0 Å². The van der Waals surface area contributed by atoms with Crippen molar-refractivity contribution in [1.29, 1.82) is 0 Å². The van der Waals surface area contributed by atoms with Crippen LogP contribution in [0.3, 0.4) is 0 Å². The number of rotatable bonds is 2. The molecule has 1 aromatic heterocycles. The molecular weight excluding hydrogens is 341 g/mol. The number of aryl methyl sites for hydroxylation is 1. The summed E-state index contributed by atoms with van der Waals surface area (Å²) < 4.78 is 38.6. The second-order valence-electron chi connectivity index (χ2n) is 3.98. The van der Waals surface area contributed by atoms with Crippen LogP contribution < -0.4 is 0 Å². The van der Waals surface area contributed by atoms with E-state index in [4.69, 9.17) is 0 Å². The van der Waals surface area contributed by atoms with Gasteiger partial charge in [0.1, 0.15) is 0 Å². The lowest BCUT2D eigenvalue weighted by Gasteiger charge is -2.07. The number of hydrogen-bond donors (Lipinski definition) is 0. The van der Waals surface area contributed by atoms with Crippen LogP contribution in [0.25, 0.3) is 0 Å². The van der Waals surface area contributed by atoms with Gasteiger partial charge in [0.25, 0.3) is 0 Å². The third kappa shape index (κ3) is 3.06. The molecule has 2 aromatic rings. The molecule has 0 saturated heterocycles. The molecule has 0 N–H and O–H groups in total. The minimum atomic E-state index is -4.44. The molecule has 0 saturated carbocycles. The van der Waals surface area contributed by atoms with E-state index in [0.717, 1.165) is 21.5 Å². The largest absolute Gasteiger partial charge is 0.416 e. The number of hydrogen-bond acceptors (Lipinski definition) is 2. The molecule has 0 amide bonds. The molecule has 0 atom stereocenters. The number of ketones is 1. The minimum absolute atomic E-state index is 0.0450. The monoisotopic (exact) mass is 348 g/mol. The Hall–Kier alpha value is -1.14. The summed E-state index contributed by atoms with van der Waals surface area (Å²) in [5, 5.41) is 0. The topological polar surface area (TPSA) is 17.1 Å². The highest BCUT2D eigenvalue weighted by atomic mass is 79.9. The first-order chi connectivity index (χ1) is 8.79. The zero-order chi connectivity index (χ0) is 14.2. The summed E-state index contributed by atoms with van der Waals surface area (Å²) >= 11 is 4.51. The van der Waals surface area contributed by atoms with Crippen LogP contribution in [0.2, 0.25) is 0 Å². The van der Waals surface area contributed by atoms with Gasteiger partial charge >= 0.3 is 6.18 Å². The van der Waals surface area contributed by atoms with E-state index in [9.17, 15) is 18.0 Å². The molecule has 0 aliphatic rings. The van der Waals surface area contributed by atoms with Crippen molar-refractivity contribution in [2.75, 3.05) is 0 Å². The molecule has 0 fully saturated rings. The average molecular weight is 349 g/mol. The Labute approximate surface area is 120 Å². The molecule has 0 aliphatic heterocycles. The van der Waals surface area contributed by atoms with E-state index >= 15 is 0 Å². The van der Waals surface area contributed by atoms with Crippen molar-refractivity contribution < 1.29 is 18.0 Å². The van der Waals surface area contributed by atoms with E-state index in [1.54, 1.807) is 6.07 Å². The van der Waals surface area contributed by atoms with Crippen LogP contribution in [0.15, 0.2) is 34.1 Å². The highest BCUT2D eigenvalue weighted by molar-refractivity contribution is 9.11. The normalized spacial score (nSPS) is 11.6. The van der Waals surface area contributed by atoms with Gasteiger partial charge in [-0.3, -0.25) is 4.79 Å². The maximum atomic E-state index is 12.6. The van der Waals surface area contributed by atoms with Crippen molar-refractivity contribution in [2.24, 2.45) is 0 Å². The summed E-state index contributed by atoms with van der Waals surface area (Å²) in [7, 11) is 0. The van der Waals surface area contributed by atoms with Crippen LogP contribution >= 0.6 is 27.3 Å². The van der Waals surface area contributed by atoms with E-state index < -0.39 is 17.5 Å². The van der Waals surface area contributed by atoms with Crippen LogP contribution in [0, 0.1) is 6.92 Å². The number of benzene rings is 1. The Bertz CT molecular complexity index is 612. The summed E-state index contributed by atoms with van der Waals surface area (Å²) in [5.74, 6) is -0.398. The van der Waals surface area contributed by atoms with Crippen molar-refractivity contribution in [1.82, 2.24) is 0 Å². The maximum absolute atomic E-state index is 12.6. The Balaban J connectivity index is 2.39. The fourth-order valence-electron chi connectivity index (χ4n) is 1.55. The average Bonchev–Trinajstić information content (AvgIpc) is 2.68. The van der Waals surface area contributed by atoms with E-state index in [1.807, 2.05) is 6.92 Å². The summed E-state index contributed by atoms with van der Waals surface area (Å²) in [6.07, 6.45) is -4.44. The fraction of sp³-hybridized carbons (Fsp3) is 0.154. The van der Waals surface area contributed by atoms with Gasteiger partial charge in [0.05, 0.1) is 14.2 Å². The first kappa shape index (κ1) is 14.3. The van der Waals surface area contributed by atoms with Gasteiger partial charge in [0, 0.05) is 5.56 Å². The number of thiophene rings is 1. The highest BCUT2D eigenvalue weighted by Crippen LogP contribution is 2.32. The lowest BCUT2D eigenvalue weighted by Crippen LogP contribution is -2.07. The minimum Gasteiger partial charge on any atom is -0.288 e. The van der Waals surface area contributed by atoms with Gasteiger partial charge in [0.15, 0.2) is 0 Å². The summed E-state index contributed by atoms with van der Waals surface area (Å²) in [4.78, 5) is 12.5. The zero-order valence-corrected chi connectivity index (χ0v) is 12.1. The van der Waals surface area contributed by atoms with E-state index in [-0.39, 0.29) is 5.56 Å². The molecule has 0 spiro atoms. The van der Waals surface area contributed by atoms with Gasteiger partial charge in [-0.2, -0.15) is 13.2 Å². The van der Waals surface area contributed by atoms with Crippen molar-refractivity contribution >= 4 is 33.0 Å². The lowest BCUT2D eigenvalue weighted by molar-refractivity contribution is -0.137. The molecule has 1 nitrogen and oxygen atoms in total. The Morgan fingerprint density at radius 2 is 1.95 bits per heavy atom. The predicted octanol–water partition coefficient (Wildman–Crippen LogP) is 5.07. The molecule has 6 heteroatoms. The van der Waals surface area contributed by atoms with Crippen molar-refractivity contribution in [3.8, 4) is 0 Å². The van der Waals surface area contributed by atoms with E-state index in [2.05, 4.69) is 15.9 Å². The molecule has 2 rings (SSSR count). The SMILES string of the molecule is Cc1cc(C(=O)c2cccc(C(F)(F)F)c2)sc1Br. The number of carbonyl (C=O) groups excluding carboxylic acids is 1. The molecule has 100 valence electrons. The molecular formula is C13H8BrF3OS. The van der Waals surface area contributed by atoms with Gasteiger partial charge in [-0.05, 0) is 46.6 Å². The Kier molecular flexibility index (Phi) is 3.82. The van der Waals surface area contributed by atoms with E-state index in [1.165, 1.54) is 23.5 Å². The summed E-state index contributed by atoms with van der Waals surface area (Å²) in [5.41, 5.74) is 0.120. The second kappa shape index (κ2) is 5.09. The maximum Gasteiger partial charge on any atom is 0.416 e. The van der Waals surface area contributed by atoms with Crippen molar-refractivity contribution in [3.63, 3.8) is 0 Å². The molecule has 0 bridgehead atoms. The first-order valence-corrected chi connectivity index (χ1v) is 6.88. The smallest absolute Gasteiger partial charge is 0.288 e. The molecule has 1 heterocycles.